The van der Waals surface area contributed by atoms with E-state index in [0.29, 0.717) is 5.75 Å². The van der Waals surface area contributed by atoms with Gasteiger partial charge in [-0.25, -0.2) is 9.07 Å². The molecule has 3 aromatic carbocycles. The highest BCUT2D eigenvalue weighted by molar-refractivity contribution is 5.82. The summed E-state index contributed by atoms with van der Waals surface area (Å²) in [6, 6.07) is 21.6. The number of hydrogen-bond donors (Lipinski definition) is 1. The monoisotopic (exact) mass is 447 g/mol. The second-order valence-corrected chi connectivity index (χ2v) is 8.15. The molecule has 1 aromatic heterocycles. The molecular formula is C27H30FN3O2. The molecule has 1 amide bonds. The molecule has 0 aliphatic carbocycles. The molecule has 0 aliphatic heterocycles. The summed E-state index contributed by atoms with van der Waals surface area (Å²) in [5.74, 6) is 0.266. The minimum Gasteiger partial charge on any atom is -0.484 e. The van der Waals surface area contributed by atoms with Crippen molar-refractivity contribution in [3.05, 3.63) is 90.4 Å². The van der Waals surface area contributed by atoms with Gasteiger partial charge in [0, 0.05) is 11.3 Å². The molecule has 2 atom stereocenters. The van der Waals surface area contributed by atoms with Crippen molar-refractivity contribution in [3.63, 3.8) is 0 Å². The fourth-order valence-corrected chi connectivity index (χ4v) is 3.59. The maximum atomic E-state index is 13.3. The molecule has 0 unspecified atom stereocenters. The van der Waals surface area contributed by atoms with Crippen molar-refractivity contribution >= 4 is 16.8 Å². The molecule has 172 valence electrons. The van der Waals surface area contributed by atoms with E-state index in [1.165, 1.54) is 12.1 Å². The zero-order valence-electron chi connectivity index (χ0n) is 18.3. The van der Waals surface area contributed by atoms with Crippen LogP contribution in [0.5, 0.6) is 5.75 Å². The fraction of sp³-hybridized carbons (Fsp3) is 0.259. The Morgan fingerprint density at radius 2 is 1.70 bits per heavy atom. The second kappa shape index (κ2) is 10.3. The summed E-state index contributed by atoms with van der Waals surface area (Å²) in [5, 5.41) is 8.40. The van der Waals surface area contributed by atoms with E-state index in [1.54, 1.807) is 23.0 Å². The molecule has 0 saturated heterocycles. The Kier molecular flexibility index (Phi) is 7.48. The smallest absolute Gasteiger partial charge is 0.222 e. The first kappa shape index (κ1) is 24.0. The molecule has 4 rings (SSSR count). The summed E-state index contributed by atoms with van der Waals surface area (Å²) in [6.45, 7) is 5.68. The van der Waals surface area contributed by atoms with Gasteiger partial charge in [0.1, 0.15) is 17.7 Å². The van der Waals surface area contributed by atoms with Crippen molar-refractivity contribution in [2.24, 2.45) is 5.92 Å². The number of carbonyl (C=O) groups excluding carboxylic acids is 1. The van der Waals surface area contributed by atoms with Crippen LogP contribution in [-0.2, 0) is 4.79 Å². The van der Waals surface area contributed by atoms with Gasteiger partial charge in [0.2, 0.25) is 5.91 Å². The van der Waals surface area contributed by atoms with Crippen LogP contribution in [0.15, 0.2) is 79.0 Å². The van der Waals surface area contributed by atoms with E-state index in [2.05, 4.69) is 10.4 Å². The molecule has 0 aliphatic rings. The van der Waals surface area contributed by atoms with Crippen LogP contribution in [0, 0.1) is 11.7 Å². The predicted octanol–water partition coefficient (Wildman–Crippen LogP) is 6.08. The number of rotatable bonds is 7. The molecule has 0 saturated carbocycles. The zero-order chi connectivity index (χ0) is 22.7. The first-order valence-electron chi connectivity index (χ1n) is 10.7. The predicted molar refractivity (Wildman–Crippen MR) is 130 cm³/mol. The van der Waals surface area contributed by atoms with Gasteiger partial charge >= 0.3 is 0 Å². The van der Waals surface area contributed by atoms with Crippen molar-refractivity contribution < 1.29 is 13.9 Å². The van der Waals surface area contributed by atoms with Gasteiger partial charge in [-0.2, -0.15) is 5.10 Å². The first-order chi connectivity index (χ1) is 15.4. The summed E-state index contributed by atoms with van der Waals surface area (Å²) in [4.78, 5) is 12.3. The number of carbonyl (C=O) groups is 1. The molecule has 0 bridgehead atoms. The number of nitrogens with zero attached hydrogens (tertiary/aromatic N) is 2. The second-order valence-electron chi connectivity index (χ2n) is 8.15. The van der Waals surface area contributed by atoms with E-state index >= 15 is 0 Å². The molecular weight excluding hydrogens is 417 g/mol. The largest absolute Gasteiger partial charge is 0.484 e. The van der Waals surface area contributed by atoms with Gasteiger partial charge in [0.15, 0.2) is 0 Å². The van der Waals surface area contributed by atoms with Crippen LogP contribution in [-0.4, -0.2) is 21.7 Å². The average Bonchev–Trinajstić information content (AvgIpc) is 3.21. The van der Waals surface area contributed by atoms with E-state index in [9.17, 15) is 9.18 Å². The molecule has 4 aromatic rings. The van der Waals surface area contributed by atoms with E-state index in [0.717, 1.165) is 22.2 Å². The highest BCUT2D eigenvalue weighted by atomic mass is 19.1. The van der Waals surface area contributed by atoms with Gasteiger partial charge in [-0.05, 0) is 55.0 Å². The summed E-state index contributed by atoms with van der Waals surface area (Å²) >= 11 is 0. The van der Waals surface area contributed by atoms with Crippen molar-refractivity contribution in [2.45, 2.75) is 40.3 Å². The minimum atomic E-state index is -0.358. The quantitative estimate of drug-likeness (QED) is 0.373. The van der Waals surface area contributed by atoms with Gasteiger partial charge in [-0.3, -0.25) is 4.79 Å². The lowest BCUT2D eigenvalue weighted by atomic mass is 10.0. The van der Waals surface area contributed by atoms with E-state index < -0.39 is 0 Å². The lowest BCUT2D eigenvalue weighted by molar-refractivity contribution is -0.125. The minimum absolute atomic E-state index is 0. The maximum absolute atomic E-state index is 13.3. The Morgan fingerprint density at radius 3 is 2.36 bits per heavy atom. The molecule has 0 radical (unpaired) electrons. The van der Waals surface area contributed by atoms with Gasteiger partial charge in [0.25, 0.3) is 0 Å². The molecule has 33 heavy (non-hydrogen) atoms. The van der Waals surface area contributed by atoms with Gasteiger partial charge in [-0.1, -0.05) is 51.6 Å². The van der Waals surface area contributed by atoms with Crippen LogP contribution in [0.2, 0.25) is 0 Å². The highest BCUT2D eigenvalue weighted by Crippen LogP contribution is 2.29. The van der Waals surface area contributed by atoms with Crippen molar-refractivity contribution in [2.75, 3.05) is 0 Å². The number of nitrogens with one attached hydrogen (secondary N) is 1. The SMILES string of the molecule is C.CC(C)C(=O)N[C@@H](C)[C@H](Oc1ccc2c(cnn2-c2ccc(F)cc2)c1)c1ccccc1. The summed E-state index contributed by atoms with van der Waals surface area (Å²) in [7, 11) is 0. The molecule has 0 spiro atoms. The topological polar surface area (TPSA) is 56.1 Å². The number of hydrogen-bond acceptors (Lipinski definition) is 3. The third kappa shape index (κ3) is 5.40. The van der Waals surface area contributed by atoms with Crippen LogP contribution < -0.4 is 10.1 Å². The number of fused-ring (bicyclic) bond motifs is 1. The molecule has 6 heteroatoms. The standard InChI is InChI=1S/C26H26FN3O2.CH4/c1-17(2)26(31)29-18(3)25(19-7-5-4-6-8-19)32-23-13-14-24-20(15-23)16-28-30(24)22-11-9-21(27)10-12-22;/h4-18,25H,1-3H3,(H,29,31);1H4/t18-,25-;/m0./s1. The van der Waals surface area contributed by atoms with E-state index in [4.69, 9.17) is 4.74 Å². The first-order valence-corrected chi connectivity index (χ1v) is 10.7. The van der Waals surface area contributed by atoms with Gasteiger partial charge < -0.3 is 10.1 Å². The van der Waals surface area contributed by atoms with Crippen LogP contribution in [0.3, 0.4) is 0 Å². The summed E-state index contributed by atoms with van der Waals surface area (Å²) in [6.07, 6.45) is 1.40. The average molecular weight is 448 g/mol. The molecule has 0 fully saturated rings. The van der Waals surface area contributed by atoms with Crippen molar-refractivity contribution in [1.82, 2.24) is 15.1 Å². The number of benzene rings is 3. The van der Waals surface area contributed by atoms with Crippen molar-refractivity contribution in [1.29, 1.82) is 0 Å². The van der Waals surface area contributed by atoms with Crippen molar-refractivity contribution in [3.8, 4) is 11.4 Å². The van der Waals surface area contributed by atoms with Gasteiger partial charge in [-0.15, -0.1) is 0 Å². The Hall–Kier alpha value is -3.67. The zero-order valence-corrected chi connectivity index (χ0v) is 18.3. The van der Waals surface area contributed by atoms with Gasteiger partial charge in [0.05, 0.1) is 23.4 Å². The van der Waals surface area contributed by atoms with Crippen LogP contribution in [0.25, 0.3) is 16.6 Å². The molecule has 1 heterocycles. The Morgan fingerprint density at radius 1 is 1.00 bits per heavy atom. The lowest BCUT2D eigenvalue weighted by Gasteiger charge is -2.27. The highest BCUT2D eigenvalue weighted by Gasteiger charge is 2.24. The fourth-order valence-electron chi connectivity index (χ4n) is 3.59. The number of ether oxygens (including phenoxy) is 1. The Balaban J connectivity index is 0.00000306. The third-order valence-electron chi connectivity index (χ3n) is 5.35. The van der Waals surface area contributed by atoms with Crippen LogP contribution in [0.4, 0.5) is 4.39 Å². The van der Waals surface area contributed by atoms with E-state index in [1.807, 2.05) is 69.3 Å². The van der Waals surface area contributed by atoms with E-state index in [-0.39, 0.29) is 37.2 Å². The summed E-state index contributed by atoms with van der Waals surface area (Å²) in [5.41, 5.74) is 2.65. The van der Waals surface area contributed by atoms with Crippen LogP contribution in [0.1, 0.15) is 39.9 Å². The summed E-state index contributed by atoms with van der Waals surface area (Å²) < 4.78 is 21.4. The Bertz CT molecular complexity index is 1200. The molecule has 1 N–H and O–H groups in total. The number of aromatic nitrogens is 2. The Labute approximate surface area is 194 Å². The number of amides is 1. The molecule has 5 nitrogen and oxygen atoms in total. The lowest BCUT2D eigenvalue weighted by Crippen LogP contribution is -2.41. The normalized spacial score (nSPS) is 12.8. The van der Waals surface area contributed by atoms with Crippen LogP contribution >= 0.6 is 0 Å². The third-order valence-corrected chi connectivity index (χ3v) is 5.35. The maximum Gasteiger partial charge on any atom is 0.222 e. The number of halogens is 1.